The Labute approximate surface area is 124 Å². The fourth-order valence-corrected chi connectivity index (χ4v) is 3.17. The quantitative estimate of drug-likeness (QED) is 0.733. The molecule has 2 N–H and O–H groups in total. The Morgan fingerprint density at radius 2 is 1.80 bits per heavy atom. The maximum atomic E-state index is 6.46. The summed E-state index contributed by atoms with van der Waals surface area (Å²) in [5.41, 5.74) is 9.20. The highest BCUT2D eigenvalue weighted by atomic mass is 15.1. The van der Waals surface area contributed by atoms with Crippen LogP contribution in [0.2, 0.25) is 0 Å². The molecule has 1 saturated heterocycles. The second-order valence-electron chi connectivity index (χ2n) is 6.06. The van der Waals surface area contributed by atoms with E-state index in [1.165, 1.54) is 69.3 Å². The van der Waals surface area contributed by atoms with Crippen LogP contribution >= 0.6 is 0 Å². The number of hydrogen-bond acceptors (Lipinski definition) is 2. The molecule has 0 amide bonds. The van der Waals surface area contributed by atoms with Crippen LogP contribution in [-0.4, -0.2) is 13.1 Å². The average Bonchev–Trinajstić information content (AvgIpc) is 2.52. The summed E-state index contributed by atoms with van der Waals surface area (Å²) in [5.74, 6) is 0. The molecule has 0 spiro atoms. The van der Waals surface area contributed by atoms with Crippen LogP contribution in [-0.2, 0) is 0 Å². The van der Waals surface area contributed by atoms with Crippen LogP contribution in [0.3, 0.4) is 0 Å². The van der Waals surface area contributed by atoms with Gasteiger partial charge < -0.3 is 10.6 Å². The number of anilines is 1. The number of piperidine rings is 1. The van der Waals surface area contributed by atoms with E-state index < -0.39 is 0 Å². The number of hydrogen-bond donors (Lipinski definition) is 1. The van der Waals surface area contributed by atoms with Crippen molar-refractivity contribution in [3.05, 3.63) is 29.8 Å². The molecule has 1 aromatic carbocycles. The summed E-state index contributed by atoms with van der Waals surface area (Å²) in [6.07, 6.45) is 10.3. The molecule has 0 aromatic heterocycles. The van der Waals surface area contributed by atoms with Crippen LogP contribution in [0.5, 0.6) is 0 Å². The fourth-order valence-electron chi connectivity index (χ4n) is 3.17. The Balaban J connectivity index is 1.98. The summed E-state index contributed by atoms with van der Waals surface area (Å²) in [6, 6.07) is 8.97. The Hall–Kier alpha value is -1.02. The van der Waals surface area contributed by atoms with Gasteiger partial charge in [-0.15, -0.1) is 0 Å². The van der Waals surface area contributed by atoms with Gasteiger partial charge in [-0.3, -0.25) is 0 Å². The number of para-hydroxylation sites is 1. The first-order chi connectivity index (χ1) is 9.83. The number of unbranched alkanes of at least 4 members (excludes halogenated alkanes) is 3. The summed E-state index contributed by atoms with van der Waals surface area (Å²) in [5, 5.41) is 0. The topological polar surface area (TPSA) is 29.3 Å². The molecule has 1 fully saturated rings. The molecule has 0 bridgehead atoms. The minimum atomic E-state index is 0.199. The van der Waals surface area contributed by atoms with Crippen LogP contribution in [0, 0.1) is 0 Å². The highest BCUT2D eigenvalue weighted by Gasteiger charge is 2.17. The molecule has 1 aliphatic heterocycles. The first kappa shape index (κ1) is 15.4. The van der Waals surface area contributed by atoms with Crippen molar-refractivity contribution in [3.63, 3.8) is 0 Å². The lowest BCUT2D eigenvalue weighted by molar-refractivity contribution is 0.553. The number of rotatable bonds is 7. The van der Waals surface area contributed by atoms with Crippen molar-refractivity contribution in [2.24, 2.45) is 5.73 Å². The van der Waals surface area contributed by atoms with Crippen molar-refractivity contribution in [1.82, 2.24) is 0 Å². The van der Waals surface area contributed by atoms with Crippen molar-refractivity contribution in [1.29, 1.82) is 0 Å². The van der Waals surface area contributed by atoms with Crippen LogP contribution in [0.25, 0.3) is 0 Å². The van der Waals surface area contributed by atoms with Gasteiger partial charge in [0.05, 0.1) is 0 Å². The zero-order chi connectivity index (χ0) is 14.2. The van der Waals surface area contributed by atoms with Crippen LogP contribution < -0.4 is 10.6 Å². The molecular formula is C18H30N2. The monoisotopic (exact) mass is 274 g/mol. The molecule has 112 valence electrons. The minimum absolute atomic E-state index is 0.199. The van der Waals surface area contributed by atoms with Crippen molar-refractivity contribution in [2.45, 2.75) is 64.3 Å². The highest BCUT2D eigenvalue weighted by Crippen LogP contribution is 2.30. The summed E-state index contributed by atoms with van der Waals surface area (Å²) in [7, 11) is 0. The molecule has 0 aliphatic carbocycles. The molecule has 1 aromatic rings. The van der Waals surface area contributed by atoms with Gasteiger partial charge in [-0.2, -0.15) is 0 Å². The van der Waals surface area contributed by atoms with Crippen LogP contribution in [0.15, 0.2) is 24.3 Å². The highest BCUT2D eigenvalue weighted by molar-refractivity contribution is 5.55. The predicted octanol–water partition coefficient (Wildman–Crippen LogP) is 4.65. The SMILES string of the molecule is CCCCCC[C@@H](N)c1ccccc1N1CCCCC1. The second kappa shape index (κ2) is 8.31. The molecule has 1 heterocycles. The van der Waals surface area contributed by atoms with Gasteiger partial charge in [0.1, 0.15) is 0 Å². The van der Waals surface area contributed by atoms with Gasteiger partial charge in [-0.25, -0.2) is 0 Å². The zero-order valence-electron chi connectivity index (χ0n) is 13.0. The Kier molecular flexibility index (Phi) is 6.38. The maximum Gasteiger partial charge on any atom is 0.0414 e. The summed E-state index contributed by atoms with van der Waals surface area (Å²) in [6.45, 7) is 4.64. The van der Waals surface area contributed by atoms with E-state index in [4.69, 9.17) is 5.73 Å². The Bertz CT molecular complexity index is 383. The zero-order valence-corrected chi connectivity index (χ0v) is 13.0. The minimum Gasteiger partial charge on any atom is -0.371 e. The molecule has 0 unspecified atom stereocenters. The normalized spacial score (nSPS) is 17.2. The number of benzene rings is 1. The molecule has 2 nitrogen and oxygen atoms in total. The maximum absolute atomic E-state index is 6.46. The molecular weight excluding hydrogens is 244 g/mol. The first-order valence-electron chi connectivity index (χ1n) is 8.42. The summed E-state index contributed by atoms with van der Waals surface area (Å²) >= 11 is 0. The van der Waals surface area contributed by atoms with Gasteiger partial charge in [-0.05, 0) is 37.3 Å². The molecule has 0 saturated carbocycles. The van der Waals surface area contributed by atoms with Gasteiger partial charge in [0.25, 0.3) is 0 Å². The van der Waals surface area contributed by atoms with Gasteiger partial charge in [0.2, 0.25) is 0 Å². The predicted molar refractivity (Wildman–Crippen MR) is 88.2 cm³/mol. The van der Waals surface area contributed by atoms with Gasteiger partial charge in [0, 0.05) is 24.8 Å². The van der Waals surface area contributed by atoms with E-state index in [1.54, 1.807) is 0 Å². The van der Waals surface area contributed by atoms with E-state index in [0.29, 0.717) is 0 Å². The van der Waals surface area contributed by atoms with E-state index in [1.807, 2.05) is 0 Å². The molecule has 2 rings (SSSR count). The standard InChI is InChI=1S/C18H30N2/c1-2-3-4-6-12-17(19)16-11-7-8-13-18(16)20-14-9-5-10-15-20/h7-8,11,13,17H,2-6,9-10,12,14-15,19H2,1H3/t17-/m1/s1. The third-order valence-electron chi connectivity index (χ3n) is 4.40. The lowest BCUT2D eigenvalue weighted by Crippen LogP contribution is -2.31. The Morgan fingerprint density at radius 3 is 2.55 bits per heavy atom. The second-order valence-corrected chi connectivity index (χ2v) is 6.06. The largest absolute Gasteiger partial charge is 0.371 e. The van der Waals surface area contributed by atoms with E-state index >= 15 is 0 Å². The lowest BCUT2D eigenvalue weighted by atomic mass is 9.97. The average molecular weight is 274 g/mol. The van der Waals surface area contributed by atoms with Crippen molar-refractivity contribution < 1.29 is 0 Å². The summed E-state index contributed by atoms with van der Waals surface area (Å²) in [4.78, 5) is 2.53. The lowest BCUT2D eigenvalue weighted by Gasteiger charge is -2.32. The van der Waals surface area contributed by atoms with Crippen molar-refractivity contribution in [2.75, 3.05) is 18.0 Å². The molecule has 1 aliphatic rings. The van der Waals surface area contributed by atoms with Gasteiger partial charge in [0.15, 0.2) is 0 Å². The molecule has 20 heavy (non-hydrogen) atoms. The van der Waals surface area contributed by atoms with Crippen LogP contribution in [0.1, 0.15) is 69.9 Å². The van der Waals surface area contributed by atoms with E-state index in [0.717, 1.165) is 6.42 Å². The van der Waals surface area contributed by atoms with Gasteiger partial charge in [-0.1, -0.05) is 50.8 Å². The third kappa shape index (κ3) is 4.24. The van der Waals surface area contributed by atoms with Crippen molar-refractivity contribution in [3.8, 4) is 0 Å². The Morgan fingerprint density at radius 1 is 1.05 bits per heavy atom. The third-order valence-corrected chi connectivity index (χ3v) is 4.40. The first-order valence-corrected chi connectivity index (χ1v) is 8.42. The smallest absolute Gasteiger partial charge is 0.0414 e. The van der Waals surface area contributed by atoms with Crippen molar-refractivity contribution >= 4 is 5.69 Å². The number of nitrogens with two attached hydrogens (primary N) is 1. The van der Waals surface area contributed by atoms with E-state index in [9.17, 15) is 0 Å². The van der Waals surface area contributed by atoms with Gasteiger partial charge >= 0.3 is 0 Å². The molecule has 0 radical (unpaired) electrons. The summed E-state index contributed by atoms with van der Waals surface area (Å²) < 4.78 is 0. The fraction of sp³-hybridized carbons (Fsp3) is 0.667. The number of nitrogens with zero attached hydrogens (tertiary/aromatic N) is 1. The van der Waals surface area contributed by atoms with E-state index in [-0.39, 0.29) is 6.04 Å². The van der Waals surface area contributed by atoms with Crippen LogP contribution in [0.4, 0.5) is 5.69 Å². The molecule has 1 atom stereocenters. The molecule has 2 heteroatoms. The van der Waals surface area contributed by atoms with E-state index in [2.05, 4.69) is 36.1 Å².